The van der Waals surface area contributed by atoms with Crippen LogP contribution in [0, 0.1) is 11.8 Å². The number of carbonyl (C=O) groups excluding carboxylic acids is 2. The van der Waals surface area contributed by atoms with Gasteiger partial charge in [0.1, 0.15) is 11.6 Å². The van der Waals surface area contributed by atoms with Crippen LogP contribution in [0.2, 0.25) is 0 Å². The molecule has 1 rings (SSSR count). The van der Waals surface area contributed by atoms with Crippen molar-refractivity contribution >= 4 is 17.5 Å². The minimum absolute atomic E-state index is 0.146. The maximum absolute atomic E-state index is 12.1. The monoisotopic (exact) mass is 338 g/mol. The molecule has 0 aromatic rings. The van der Waals surface area contributed by atoms with E-state index in [1.807, 2.05) is 0 Å². The molecule has 0 spiro atoms. The van der Waals surface area contributed by atoms with Crippen LogP contribution in [0.5, 0.6) is 0 Å². The maximum Gasteiger partial charge on any atom is 0.303 e. The first-order chi connectivity index (χ1) is 11.5. The van der Waals surface area contributed by atoms with E-state index in [0.717, 1.165) is 64.2 Å². The zero-order valence-electron chi connectivity index (χ0n) is 15.2. The summed E-state index contributed by atoms with van der Waals surface area (Å²) in [5, 5.41) is 8.61. The minimum atomic E-state index is -0.732. The Morgan fingerprint density at radius 3 is 2.38 bits per heavy atom. The van der Waals surface area contributed by atoms with Gasteiger partial charge in [-0.2, -0.15) is 0 Å². The molecule has 0 radical (unpaired) electrons. The predicted molar refractivity (Wildman–Crippen MR) is 94.9 cm³/mol. The van der Waals surface area contributed by atoms with Gasteiger partial charge in [0.25, 0.3) is 0 Å². The fourth-order valence-corrected chi connectivity index (χ4v) is 3.76. The lowest BCUT2D eigenvalue weighted by Crippen LogP contribution is -2.16. The number of hydrogen-bond acceptors (Lipinski definition) is 3. The van der Waals surface area contributed by atoms with E-state index in [2.05, 4.69) is 6.92 Å². The van der Waals surface area contributed by atoms with E-state index >= 15 is 0 Å². The van der Waals surface area contributed by atoms with Crippen LogP contribution in [0.3, 0.4) is 0 Å². The third kappa shape index (κ3) is 8.60. The first-order valence-corrected chi connectivity index (χ1v) is 9.80. The molecule has 1 aliphatic carbocycles. The summed E-state index contributed by atoms with van der Waals surface area (Å²) in [6, 6.07) is 0. The third-order valence-corrected chi connectivity index (χ3v) is 5.25. The van der Waals surface area contributed by atoms with Gasteiger partial charge in [-0.15, -0.1) is 0 Å². The highest BCUT2D eigenvalue weighted by atomic mass is 16.4. The Kier molecular flexibility index (Phi) is 10.6. The molecule has 0 amide bonds. The van der Waals surface area contributed by atoms with Crippen molar-refractivity contribution in [2.24, 2.45) is 11.8 Å². The van der Waals surface area contributed by atoms with Crippen LogP contribution in [-0.4, -0.2) is 22.6 Å². The van der Waals surface area contributed by atoms with E-state index in [-0.39, 0.29) is 12.3 Å². The van der Waals surface area contributed by atoms with Gasteiger partial charge >= 0.3 is 5.97 Å². The molecule has 0 heterocycles. The van der Waals surface area contributed by atoms with E-state index in [9.17, 15) is 14.4 Å². The van der Waals surface area contributed by atoms with Crippen LogP contribution in [0.4, 0.5) is 0 Å². The smallest absolute Gasteiger partial charge is 0.303 e. The van der Waals surface area contributed by atoms with Crippen molar-refractivity contribution in [1.82, 2.24) is 0 Å². The van der Waals surface area contributed by atoms with Crippen molar-refractivity contribution in [1.29, 1.82) is 0 Å². The highest BCUT2D eigenvalue weighted by molar-refractivity contribution is 5.83. The Morgan fingerprint density at radius 1 is 0.958 bits per heavy atom. The number of aliphatic carboxylic acids is 1. The SMILES string of the molecule is CCCCCC(=O)CCC1CCC(=O)[C@@H]1CCCCCCC(=O)O. The number of carbonyl (C=O) groups is 3. The first kappa shape index (κ1) is 20.9. The Labute approximate surface area is 146 Å². The Bertz CT molecular complexity index is 402. The standard InChI is InChI=1S/C20H34O4/c1-2-3-6-9-17(21)14-12-16-13-15-19(22)18(16)10-7-4-5-8-11-20(23)24/h16,18H,2-15H2,1H3,(H,23,24)/t16?,18-/m1/s1. The van der Waals surface area contributed by atoms with E-state index in [4.69, 9.17) is 5.11 Å². The second kappa shape index (κ2) is 12.2. The van der Waals surface area contributed by atoms with Crippen LogP contribution in [0.1, 0.15) is 96.8 Å². The average molecular weight is 338 g/mol. The zero-order chi connectivity index (χ0) is 17.8. The predicted octanol–water partition coefficient (Wildman–Crippen LogP) is 4.94. The average Bonchev–Trinajstić information content (AvgIpc) is 2.89. The summed E-state index contributed by atoms with van der Waals surface area (Å²) >= 11 is 0. The minimum Gasteiger partial charge on any atom is -0.481 e. The fraction of sp³-hybridized carbons (Fsp3) is 0.850. The van der Waals surface area contributed by atoms with Crippen LogP contribution in [0.15, 0.2) is 0 Å². The number of carboxylic acids is 1. The topological polar surface area (TPSA) is 71.4 Å². The van der Waals surface area contributed by atoms with Gasteiger partial charge in [0.2, 0.25) is 0 Å². The molecule has 0 aromatic carbocycles. The summed E-state index contributed by atoms with van der Waals surface area (Å²) < 4.78 is 0. The van der Waals surface area contributed by atoms with Crippen molar-refractivity contribution < 1.29 is 19.5 Å². The molecule has 1 N–H and O–H groups in total. The third-order valence-electron chi connectivity index (χ3n) is 5.25. The second-order valence-corrected chi connectivity index (χ2v) is 7.25. The highest BCUT2D eigenvalue weighted by Gasteiger charge is 2.33. The van der Waals surface area contributed by atoms with E-state index in [1.54, 1.807) is 0 Å². The Balaban J connectivity index is 2.20. The van der Waals surface area contributed by atoms with Gasteiger partial charge in [0.15, 0.2) is 0 Å². The largest absolute Gasteiger partial charge is 0.481 e. The zero-order valence-corrected chi connectivity index (χ0v) is 15.2. The Hall–Kier alpha value is -1.19. The summed E-state index contributed by atoms with van der Waals surface area (Å²) in [4.78, 5) is 34.5. The number of ketones is 2. The number of hydrogen-bond donors (Lipinski definition) is 1. The molecule has 1 aliphatic rings. The molecule has 0 bridgehead atoms. The van der Waals surface area contributed by atoms with Crippen LogP contribution in [-0.2, 0) is 14.4 Å². The summed E-state index contributed by atoms with van der Waals surface area (Å²) in [7, 11) is 0. The van der Waals surface area contributed by atoms with Crippen molar-refractivity contribution in [2.75, 3.05) is 0 Å². The molecule has 24 heavy (non-hydrogen) atoms. The number of rotatable bonds is 14. The van der Waals surface area contributed by atoms with Crippen molar-refractivity contribution in [2.45, 2.75) is 96.8 Å². The van der Waals surface area contributed by atoms with Crippen molar-refractivity contribution in [3.63, 3.8) is 0 Å². The molecule has 4 nitrogen and oxygen atoms in total. The van der Waals surface area contributed by atoms with E-state index < -0.39 is 5.97 Å². The molecule has 0 aromatic heterocycles. The fourth-order valence-electron chi connectivity index (χ4n) is 3.76. The molecular formula is C20H34O4. The molecule has 0 saturated heterocycles. The molecular weight excluding hydrogens is 304 g/mol. The van der Waals surface area contributed by atoms with Gasteiger partial charge in [-0.3, -0.25) is 14.4 Å². The van der Waals surface area contributed by atoms with Crippen molar-refractivity contribution in [3.8, 4) is 0 Å². The van der Waals surface area contributed by atoms with Gasteiger partial charge in [-0.1, -0.05) is 39.0 Å². The number of unbranched alkanes of at least 4 members (excludes halogenated alkanes) is 5. The maximum atomic E-state index is 12.1. The lowest BCUT2D eigenvalue weighted by Gasteiger charge is -2.18. The summed E-state index contributed by atoms with van der Waals surface area (Å²) in [6.45, 7) is 2.14. The molecule has 1 fully saturated rings. The van der Waals surface area contributed by atoms with E-state index in [1.165, 1.54) is 0 Å². The van der Waals surface area contributed by atoms with Gasteiger partial charge in [-0.05, 0) is 38.0 Å². The highest BCUT2D eigenvalue weighted by Crippen LogP contribution is 2.36. The summed E-state index contributed by atoms with van der Waals surface area (Å²) in [6.07, 6.45) is 11.9. The van der Waals surface area contributed by atoms with Gasteiger partial charge in [0.05, 0.1) is 0 Å². The second-order valence-electron chi connectivity index (χ2n) is 7.25. The molecule has 1 unspecified atom stereocenters. The molecule has 1 saturated carbocycles. The van der Waals surface area contributed by atoms with Gasteiger partial charge in [-0.25, -0.2) is 0 Å². The Morgan fingerprint density at radius 2 is 1.67 bits per heavy atom. The lowest BCUT2D eigenvalue weighted by atomic mass is 9.86. The quantitative estimate of drug-likeness (QED) is 0.455. The van der Waals surface area contributed by atoms with Gasteiger partial charge < -0.3 is 5.11 Å². The summed E-state index contributed by atoms with van der Waals surface area (Å²) in [5.41, 5.74) is 0. The molecule has 138 valence electrons. The molecule has 0 aliphatic heterocycles. The van der Waals surface area contributed by atoms with Crippen molar-refractivity contribution in [3.05, 3.63) is 0 Å². The summed E-state index contributed by atoms with van der Waals surface area (Å²) in [5.74, 6) is 0.545. The lowest BCUT2D eigenvalue weighted by molar-refractivity contribution is -0.137. The molecule has 2 atom stereocenters. The van der Waals surface area contributed by atoms with Crippen LogP contribution >= 0.6 is 0 Å². The van der Waals surface area contributed by atoms with E-state index in [0.29, 0.717) is 36.7 Å². The first-order valence-electron chi connectivity index (χ1n) is 9.80. The number of carboxylic acid groups (broad SMARTS) is 1. The normalized spacial score (nSPS) is 20.5. The van der Waals surface area contributed by atoms with Gasteiger partial charge in [0, 0.05) is 31.6 Å². The number of Topliss-reactive ketones (excluding diaryl/α,β-unsaturated/α-hetero) is 2. The van der Waals surface area contributed by atoms with Crippen LogP contribution < -0.4 is 0 Å². The van der Waals surface area contributed by atoms with Crippen LogP contribution in [0.25, 0.3) is 0 Å². The molecule has 4 heteroatoms.